The Kier molecular flexibility index (Phi) is 5.34. The van der Waals surface area contributed by atoms with Crippen molar-refractivity contribution in [3.63, 3.8) is 0 Å². The number of piperidine rings is 1. The molecule has 3 heteroatoms. The highest BCUT2D eigenvalue weighted by atomic mass is 16.5. The Morgan fingerprint density at radius 2 is 1.38 bits per heavy atom. The number of hydrogen-bond donors (Lipinski definition) is 1. The Hall–Kier alpha value is -2.46. The zero-order valence-corrected chi connectivity index (χ0v) is 18.7. The van der Waals surface area contributed by atoms with Gasteiger partial charge in [0.05, 0.1) is 18.2 Å². The van der Waals surface area contributed by atoms with Crippen LogP contribution in [0.25, 0.3) is 0 Å². The summed E-state index contributed by atoms with van der Waals surface area (Å²) in [5, 5.41) is 3.93. The minimum Gasteiger partial charge on any atom is -0.365 e. The molecule has 3 aromatic carbocycles. The van der Waals surface area contributed by atoms with Gasteiger partial charge in [0.25, 0.3) is 0 Å². The molecule has 32 heavy (non-hydrogen) atoms. The van der Waals surface area contributed by atoms with Gasteiger partial charge in [-0.05, 0) is 59.1 Å². The molecule has 1 saturated heterocycles. The van der Waals surface area contributed by atoms with E-state index in [1.54, 1.807) is 0 Å². The molecule has 1 aliphatic carbocycles. The van der Waals surface area contributed by atoms with Crippen molar-refractivity contribution in [1.29, 1.82) is 0 Å². The fourth-order valence-corrected chi connectivity index (χ4v) is 6.05. The van der Waals surface area contributed by atoms with Crippen molar-refractivity contribution in [2.75, 3.05) is 26.2 Å². The highest BCUT2D eigenvalue weighted by Gasteiger charge is 2.42. The van der Waals surface area contributed by atoms with E-state index in [2.05, 4.69) is 83.0 Å². The van der Waals surface area contributed by atoms with E-state index < -0.39 is 0 Å². The Balaban J connectivity index is 1.12. The molecule has 3 aromatic rings. The first-order chi connectivity index (χ1) is 15.8. The Morgan fingerprint density at radius 3 is 2.06 bits per heavy atom. The summed E-state index contributed by atoms with van der Waals surface area (Å²) in [4.78, 5) is 2.61. The lowest BCUT2D eigenvalue weighted by Crippen LogP contribution is -2.45. The molecule has 164 valence electrons. The summed E-state index contributed by atoms with van der Waals surface area (Å²) in [6.45, 7) is 5.07. The minimum atomic E-state index is -0.0420. The van der Waals surface area contributed by atoms with Gasteiger partial charge in [-0.25, -0.2) is 0 Å². The van der Waals surface area contributed by atoms with E-state index in [0.717, 1.165) is 58.5 Å². The maximum Gasteiger partial charge on any atom is 0.0963 e. The van der Waals surface area contributed by atoms with Gasteiger partial charge in [-0.15, -0.1) is 0 Å². The molecule has 2 heterocycles. The van der Waals surface area contributed by atoms with Crippen LogP contribution in [-0.2, 0) is 29.8 Å². The van der Waals surface area contributed by atoms with E-state index in [1.807, 2.05) is 0 Å². The second-order valence-electron chi connectivity index (χ2n) is 9.57. The van der Waals surface area contributed by atoms with Gasteiger partial charge in [-0.3, -0.25) is 0 Å². The van der Waals surface area contributed by atoms with Gasteiger partial charge < -0.3 is 15.0 Å². The molecule has 1 N–H and O–H groups in total. The lowest BCUT2D eigenvalue weighted by Gasteiger charge is -2.39. The molecular weight excluding hydrogens is 392 g/mol. The molecular formula is C29H32N2O. The quantitative estimate of drug-likeness (QED) is 0.639. The first kappa shape index (κ1) is 20.2. The maximum atomic E-state index is 6.35. The van der Waals surface area contributed by atoms with Gasteiger partial charge in [0.2, 0.25) is 0 Å². The number of rotatable bonds is 4. The zero-order valence-electron chi connectivity index (χ0n) is 18.7. The predicted octanol–water partition coefficient (Wildman–Crippen LogP) is 4.99. The molecule has 0 radical (unpaired) electrons. The molecule has 6 rings (SSSR count). The van der Waals surface area contributed by atoms with Crippen LogP contribution < -0.4 is 5.32 Å². The summed E-state index contributed by atoms with van der Waals surface area (Å²) in [6, 6.07) is 27.0. The van der Waals surface area contributed by atoms with E-state index in [9.17, 15) is 0 Å². The lowest BCUT2D eigenvalue weighted by molar-refractivity contribution is -0.0785. The number of nitrogens with zero attached hydrogens (tertiary/aromatic N) is 1. The first-order valence-corrected chi connectivity index (χ1v) is 12.2. The fourth-order valence-electron chi connectivity index (χ4n) is 6.05. The smallest absolute Gasteiger partial charge is 0.0963 e. The van der Waals surface area contributed by atoms with Crippen LogP contribution in [0.4, 0.5) is 0 Å². The predicted molar refractivity (Wildman–Crippen MR) is 129 cm³/mol. The van der Waals surface area contributed by atoms with Crippen LogP contribution in [0.1, 0.15) is 52.3 Å². The SMILES string of the molecule is c1ccc2c(c1)CCc1ccccc1C2NCCN1CCC2(CC1)OCc1ccccc12. The van der Waals surface area contributed by atoms with Gasteiger partial charge in [-0.1, -0.05) is 72.8 Å². The van der Waals surface area contributed by atoms with Crippen LogP contribution in [0.5, 0.6) is 0 Å². The number of likely N-dealkylation sites (tertiary alicyclic amines) is 1. The largest absolute Gasteiger partial charge is 0.365 e. The van der Waals surface area contributed by atoms with E-state index >= 15 is 0 Å². The molecule has 0 bridgehead atoms. The molecule has 1 spiro atoms. The molecule has 1 fully saturated rings. The third-order valence-corrected chi connectivity index (χ3v) is 7.85. The van der Waals surface area contributed by atoms with E-state index in [4.69, 9.17) is 4.74 Å². The normalized spacial score (nSPS) is 19.9. The average molecular weight is 425 g/mol. The minimum absolute atomic E-state index is 0.0420. The monoisotopic (exact) mass is 424 g/mol. The number of aryl methyl sites for hydroxylation is 2. The standard InChI is InChI=1S/C29H32N2O/c1-4-10-25-22(7-1)13-14-23-8-2-5-11-26(23)28(25)30-17-20-31-18-15-29(16-19-31)27-12-6-3-9-24(27)21-32-29/h1-12,28,30H,13-21H2. The van der Waals surface area contributed by atoms with Crippen molar-refractivity contribution in [2.45, 2.75) is 43.9 Å². The van der Waals surface area contributed by atoms with Gasteiger partial charge in [0, 0.05) is 26.2 Å². The summed E-state index contributed by atoms with van der Waals surface area (Å²) < 4.78 is 6.35. The van der Waals surface area contributed by atoms with Crippen LogP contribution in [0.3, 0.4) is 0 Å². The van der Waals surface area contributed by atoms with Gasteiger partial charge in [-0.2, -0.15) is 0 Å². The van der Waals surface area contributed by atoms with Crippen LogP contribution >= 0.6 is 0 Å². The molecule has 3 aliphatic rings. The average Bonchev–Trinajstić information content (AvgIpc) is 3.12. The van der Waals surface area contributed by atoms with Crippen LogP contribution in [0, 0.1) is 0 Å². The number of hydrogen-bond acceptors (Lipinski definition) is 3. The summed E-state index contributed by atoms with van der Waals surface area (Å²) >= 11 is 0. The maximum absolute atomic E-state index is 6.35. The number of ether oxygens (including phenoxy) is 1. The Labute approximate surface area is 191 Å². The topological polar surface area (TPSA) is 24.5 Å². The van der Waals surface area contributed by atoms with Crippen LogP contribution in [0.2, 0.25) is 0 Å². The first-order valence-electron chi connectivity index (χ1n) is 12.2. The van der Waals surface area contributed by atoms with Crippen LogP contribution in [0.15, 0.2) is 72.8 Å². The molecule has 0 unspecified atom stereocenters. The van der Waals surface area contributed by atoms with E-state index in [0.29, 0.717) is 0 Å². The van der Waals surface area contributed by atoms with Crippen molar-refractivity contribution in [3.8, 4) is 0 Å². The van der Waals surface area contributed by atoms with Crippen molar-refractivity contribution in [2.24, 2.45) is 0 Å². The number of fused-ring (bicyclic) bond motifs is 4. The van der Waals surface area contributed by atoms with Gasteiger partial charge in [0.1, 0.15) is 0 Å². The number of nitrogens with one attached hydrogen (secondary N) is 1. The third kappa shape index (κ3) is 3.59. The molecule has 2 aliphatic heterocycles. The summed E-state index contributed by atoms with van der Waals surface area (Å²) in [5.74, 6) is 0. The van der Waals surface area contributed by atoms with Gasteiger partial charge >= 0.3 is 0 Å². The third-order valence-electron chi connectivity index (χ3n) is 7.85. The van der Waals surface area contributed by atoms with Crippen LogP contribution in [-0.4, -0.2) is 31.1 Å². The molecule has 0 saturated carbocycles. The Bertz CT molecular complexity index is 1050. The summed E-state index contributed by atoms with van der Waals surface area (Å²) in [5.41, 5.74) is 8.64. The van der Waals surface area contributed by atoms with Crippen molar-refractivity contribution in [1.82, 2.24) is 10.2 Å². The van der Waals surface area contributed by atoms with Crippen molar-refractivity contribution in [3.05, 3.63) is 106 Å². The second-order valence-corrected chi connectivity index (χ2v) is 9.57. The number of benzene rings is 3. The van der Waals surface area contributed by atoms with E-state index in [1.165, 1.54) is 33.4 Å². The van der Waals surface area contributed by atoms with Gasteiger partial charge in [0.15, 0.2) is 0 Å². The molecule has 0 amide bonds. The van der Waals surface area contributed by atoms with Crippen molar-refractivity contribution < 1.29 is 4.74 Å². The van der Waals surface area contributed by atoms with Crippen molar-refractivity contribution >= 4 is 0 Å². The lowest BCUT2D eigenvalue weighted by atomic mass is 9.84. The second kappa shape index (κ2) is 8.47. The fraction of sp³-hybridized carbons (Fsp3) is 0.379. The zero-order chi connectivity index (χ0) is 21.4. The highest BCUT2D eigenvalue weighted by Crippen LogP contribution is 2.43. The summed E-state index contributed by atoms with van der Waals surface area (Å²) in [7, 11) is 0. The van der Waals surface area contributed by atoms with E-state index in [-0.39, 0.29) is 11.6 Å². The molecule has 0 aromatic heterocycles. The Morgan fingerprint density at radius 1 is 0.781 bits per heavy atom. The molecule has 0 atom stereocenters. The summed E-state index contributed by atoms with van der Waals surface area (Å²) in [6.07, 6.45) is 4.44. The molecule has 3 nitrogen and oxygen atoms in total. The highest BCUT2D eigenvalue weighted by molar-refractivity contribution is 5.44.